The molecule has 2 aliphatic rings. The molecule has 4 heteroatoms. The van der Waals surface area contributed by atoms with E-state index in [4.69, 9.17) is 10.5 Å². The van der Waals surface area contributed by atoms with Gasteiger partial charge in [-0.3, -0.25) is 4.79 Å². The smallest absolute Gasteiger partial charge is 0.251 e. The Labute approximate surface area is 113 Å². The maximum atomic E-state index is 12.4. The van der Waals surface area contributed by atoms with Crippen LogP contribution in [0, 0.1) is 0 Å². The number of hydrogen-bond acceptors (Lipinski definition) is 3. The van der Waals surface area contributed by atoms with Crippen molar-refractivity contribution in [3.8, 4) is 0 Å². The molecule has 0 spiro atoms. The Morgan fingerprint density at radius 3 is 2.89 bits per heavy atom. The van der Waals surface area contributed by atoms with Gasteiger partial charge in [-0.15, -0.1) is 0 Å². The molecule has 3 rings (SSSR count). The van der Waals surface area contributed by atoms with Crippen molar-refractivity contribution in [3.05, 3.63) is 35.4 Å². The first kappa shape index (κ1) is 12.6. The van der Waals surface area contributed by atoms with Crippen molar-refractivity contribution in [2.75, 3.05) is 6.54 Å². The minimum Gasteiger partial charge on any atom is -0.373 e. The first-order valence-electron chi connectivity index (χ1n) is 7.02. The van der Waals surface area contributed by atoms with Gasteiger partial charge in [-0.05, 0) is 43.9 Å². The van der Waals surface area contributed by atoms with Crippen molar-refractivity contribution in [1.82, 2.24) is 5.32 Å². The number of nitrogens with two attached hydrogens (primary N) is 1. The zero-order valence-electron chi connectivity index (χ0n) is 11.0. The van der Waals surface area contributed by atoms with Crippen LogP contribution >= 0.6 is 0 Å². The van der Waals surface area contributed by atoms with Crippen molar-refractivity contribution in [1.29, 1.82) is 0 Å². The summed E-state index contributed by atoms with van der Waals surface area (Å²) in [4.78, 5) is 12.4. The van der Waals surface area contributed by atoms with Gasteiger partial charge in [0.1, 0.15) is 0 Å². The molecule has 2 aliphatic heterocycles. The van der Waals surface area contributed by atoms with E-state index >= 15 is 0 Å². The van der Waals surface area contributed by atoms with E-state index in [1.165, 1.54) is 0 Å². The zero-order chi connectivity index (χ0) is 13.2. The summed E-state index contributed by atoms with van der Waals surface area (Å²) < 4.78 is 5.76. The minimum atomic E-state index is 0.00481. The number of amides is 1. The summed E-state index contributed by atoms with van der Waals surface area (Å²) in [5, 5.41) is 3.12. The van der Waals surface area contributed by atoms with Gasteiger partial charge >= 0.3 is 0 Å². The average molecular weight is 260 g/mol. The van der Waals surface area contributed by atoms with Crippen LogP contribution in [0.25, 0.3) is 0 Å². The Bertz CT molecular complexity index is 475. The van der Waals surface area contributed by atoms with Gasteiger partial charge in [-0.2, -0.15) is 0 Å². The van der Waals surface area contributed by atoms with Crippen LogP contribution in [0.4, 0.5) is 0 Å². The molecule has 0 saturated carbocycles. The average Bonchev–Trinajstić information content (AvgIpc) is 3.02. The molecule has 0 radical (unpaired) electrons. The summed E-state index contributed by atoms with van der Waals surface area (Å²) in [6.45, 7) is 0.557. The van der Waals surface area contributed by atoms with Gasteiger partial charge < -0.3 is 15.8 Å². The second kappa shape index (κ2) is 5.31. The summed E-state index contributed by atoms with van der Waals surface area (Å²) in [6, 6.07) is 7.86. The molecule has 1 aromatic rings. The molecular weight excluding hydrogens is 240 g/mol. The third-order valence-corrected chi connectivity index (χ3v) is 4.10. The Kier molecular flexibility index (Phi) is 3.53. The Hall–Kier alpha value is -1.39. The van der Waals surface area contributed by atoms with E-state index in [2.05, 4.69) is 5.32 Å². The molecular formula is C15H20N2O2. The topological polar surface area (TPSA) is 64.4 Å². The van der Waals surface area contributed by atoms with Gasteiger partial charge in [0.2, 0.25) is 0 Å². The van der Waals surface area contributed by atoms with Gasteiger partial charge in [-0.25, -0.2) is 0 Å². The lowest BCUT2D eigenvalue weighted by Gasteiger charge is -2.20. The highest BCUT2D eigenvalue weighted by Gasteiger charge is 2.41. The first-order valence-corrected chi connectivity index (χ1v) is 7.02. The Morgan fingerprint density at radius 1 is 1.37 bits per heavy atom. The van der Waals surface area contributed by atoms with Gasteiger partial charge in [0.25, 0.3) is 5.91 Å². The van der Waals surface area contributed by atoms with Crippen LogP contribution in [0.5, 0.6) is 0 Å². The number of benzene rings is 1. The van der Waals surface area contributed by atoms with E-state index in [0.717, 1.165) is 36.8 Å². The second-order valence-corrected chi connectivity index (χ2v) is 5.39. The molecule has 102 valence electrons. The van der Waals surface area contributed by atoms with E-state index in [1.54, 1.807) is 0 Å². The maximum Gasteiger partial charge on any atom is 0.251 e. The van der Waals surface area contributed by atoms with Crippen LogP contribution in [0.3, 0.4) is 0 Å². The molecule has 3 atom stereocenters. The molecule has 3 N–H and O–H groups in total. The lowest BCUT2D eigenvalue weighted by molar-refractivity contribution is 0.0840. The molecule has 0 aromatic heterocycles. The minimum absolute atomic E-state index is 0.00481. The molecule has 1 amide bonds. The van der Waals surface area contributed by atoms with Crippen LogP contribution < -0.4 is 11.1 Å². The standard InChI is InChI=1S/C15H20N2O2/c16-8-7-10-3-1-2-4-12(10)15(18)17-13-9-11-5-6-14(13)19-11/h1-4,11,13-14H,5-9,16H2,(H,17,18). The molecule has 2 fully saturated rings. The highest BCUT2D eigenvalue weighted by atomic mass is 16.5. The van der Waals surface area contributed by atoms with E-state index in [-0.39, 0.29) is 18.1 Å². The van der Waals surface area contributed by atoms with E-state index in [1.807, 2.05) is 24.3 Å². The molecule has 2 bridgehead atoms. The summed E-state index contributed by atoms with van der Waals surface area (Å²) in [7, 11) is 0. The van der Waals surface area contributed by atoms with E-state index < -0.39 is 0 Å². The van der Waals surface area contributed by atoms with Gasteiger partial charge in [0.05, 0.1) is 18.2 Å². The first-order chi connectivity index (χ1) is 9.28. The molecule has 2 saturated heterocycles. The van der Waals surface area contributed by atoms with Gasteiger partial charge in [-0.1, -0.05) is 18.2 Å². The largest absolute Gasteiger partial charge is 0.373 e. The quantitative estimate of drug-likeness (QED) is 0.856. The van der Waals surface area contributed by atoms with Crippen molar-refractivity contribution >= 4 is 5.91 Å². The van der Waals surface area contributed by atoms with Crippen LogP contribution in [-0.4, -0.2) is 30.7 Å². The van der Waals surface area contributed by atoms with Crippen molar-refractivity contribution in [2.24, 2.45) is 5.73 Å². The lowest BCUT2D eigenvalue weighted by Crippen LogP contribution is -2.41. The van der Waals surface area contributed by atoms with Crippen LogP contribution in [0.1, 0.15) is 35.2 Å². The number of rotatable bonds is 4. The molecule has 3 unspecified atom stereocenters. The van der Waals surface area contributed by atoms with Crippen LogP contribution in [0.15, 0.2) is 24.3 Å². The molecule has 1 aromatic carbocycles. The molecule has 2 heterocycles. The number of hydrogen-bond donors (Lipinski definition) is 2. The van der Waals surface area contributed by atoms with Crippen molar-refractivity contribution < 1.29 is 9.53 Å². The highest BCUT2D eigenvalue weighted by molar-refractivity contribution is 5.95. The number of ether oxygens (including phenoxy) is 1. The lowest BCUT2D eigenvalue weighted by atomic mass is 9.95. The molecule has 19 heavy (non-hydrogen) atoms. The number of carbonyl (C=O) groups excluding carboxylic acids is 1. The van der Waals surface area contributed by atoms with Crippen molar-refractivity contribution in [2.45, 2.75) is 43.9 Å². The monoisotopic (exact) mass is 260 g/mol. The summed E-state index contributed by atoms with van der Waals surface area (Å²) in [6.07, 6.45) is 4.47. The van der Waals surface area contributed by atoms with Crippen LogP contribution in [0.2, 0.25) is 0 Å². The summed E-state index contributed by atoms with van der Waals surface area (Å²) >= 11 is 0. The normalized spacial score (nSPS) is 28.6. The Balaban J connectivity index is 1.70. The maximum absolute atomic E-state index is 12.4. The second-order valence-electron chi connectivity index (χ2n) is 5.39. The van der Waals surface area contributed by atoms with Gasteiger partial charge in [0, 0.05) is 5.56 Å². The summed E-state index contributed by atoms with van der Waals surface area (Å²) in [5.74, 6) is 0.00481. The molecule has 4 nitrogen and oxygen atoms in total. The highest BCUT2D eigenvalue weighted by Crippen LogP contribution is 2.34. The fraction of sp³-hybridized carbons (Fsp3) is 0.533. The fourth-order valence-electron chi connectivity index (χ4n) is 3.15. The summed E-state index contributed by atoms with van der Waals surface area (Å²) in [5.41, 5.74) is 7.36. The number of fused-ring (bicyclic) bond motifs is 2. The zero-order valence-corrected chi connectivity index (χ0v) is 11.0. The molecule has 0 aliphatic carbocycles. The third-order valence-electron chi connectivity index (χ3n) is 4.10. The Morgan fingerprint density at radius 2 is 2.21 bits per heavy atom. The van der Waals surface area contributed by atoms with Gasteiger partial charge in [0.15, 0.2) is 0 Å². The third kappa shape index (κ3) is 2.51. The van der Waals surface area contributed by atoms with E-state index in [0.29, 0.717) is 12.6 Å². The predicted molar refractivity (Wildman–Crippen MR) is 73.0 cm³/mol. The van der Waals surface area contributed by atoms with E-state index in [9.17, 15) is 4.79 Å². The SMILES string of the molecule is NCCc1ccccc1C(=O)NC1CC2CCC1O2. The fourth-order valence-corrected chi connectivity index (χ4v) is 3.15. The predicted octanol–water partition coefficient (Wildman–Crippen LogP) is 1.24. The number of carbonyl (C=O) groups is 1. The van der Waals surface area contributed by atoms with Crippen LogP contribution in [-0.2, 0) is 11.2 Å². The van der Waals surface area contributed by atoms with Crippen molar-refractivity contribution in [3.63, 3.8) is 0 Å². The number of nitrogens with one attached hydrogen (secondary N) is 1.